The highest BCUT2D eigenvalue weighted by Gasteiger charge is 2.46. The topological polar surface area (TPSA) is 64.1 Å². The maximum Gasteiger partial charge on any atom is 0.0714 e. The van der Waals surface area contributed by atoms with Gasteiger partial charge >= 0.3 is 0 Å². The van der Waals surface area contributed by atoms with E-state index in [-0.39, 0.29) is 0 Å². The van der Waals surface area contributed by atoms with Gasteiger partial charge in [-0.2, -0.15) is 0 Å². The zero-order valence-corrected chi connectivity index (χ0v) is 20.1. The van der Waals surface area contributed by atoms with E-state index in [1.807, 2.05) is 12.1 Å². The summed E-state index contributed by atoms with van der Waals surface area (Å²) in [6.45, 7) is 1.02. The summed E-state index contributed by atoms with van der Waals surface area (Å²) in [5.74, 6) is 0. The van der Waals surface area contributed by atoms with Crippen molar-refractivity contribution in [2.75, 3.05) is 5.32 Å². The second-order valence-electron chi connectivity index (χ2n) is 9.36. The van der Waals surface area contributed by atoms with Gasteiger partial charge in [-0.1, -0.05) is 97.1 Å². The predicted molar refractivity (Wildman–Crippen MR) is 149 cm³/mol. The van der Waals surface area contributed by atoms with Crippen molar-refractivity contribution in [3.63, 3.8) is 0 Å². The largest absolute Gasteiger partial charge is 0.356 e. The fourth-order valence-electron chi connectivity index (χ4n) is 5.73. The van der Waals surface area contributed by atoms with Crippen LogP contribution in [0, 0.1) is 0 Å². The van der Waals surface area contributed by atoms with Gasteiger partial charge in [-0.25, -0.2) is 0 Å². The summed E-state index contributed by atoms with van der Waals surface area (Å²) in [5, 5.41) is 3.61. The van der Waals surface area contributed by atoms with Crippen LogP contribution in [0.2, 0.25) is 0 Å². The van der Waals surface area contributed by atoms with Crippen molar-refractivity contribution in [2.24, 2.45) is 11.5 Å². The number of nitrogens with two attached hydrogens (primary N) is 2. The first-order valence-corrected chi connectivity index (χ1v) is 12.4. The molecule has 1 aliphatic rings. The van der Waals surface area contributed by atoms with Crippen LogP contribution in [0.15, 0.2) is 121 Å². The molecule has 0 aliphatic heterocycles. The number of hydrogen-bond donors (Lipinski definition) is 3. The van der Waals surface area contributed by atoms with Crippen LogP contribution in [-0.2, 0) is 18.5 Å². The van der Waals surface area contributed by atoms with Crippen molar-refractivity contribution in [1.82, 2.24) is 0 Å². The summed E-state index contributed by atoms with van der Waals surface area (Å²) in [7, 11) is 0. The van der Waals surface area contributed by atoms with Crippen molar-refractivity contribution in [3.05, 3.63) is 155 Å². The van der Waals surface area contributed by atoms with E-state index in [1.54, 1.807) is 0 Å². The Kier molecular flexibility index (Phi) is 5.65. The van der Waals surface area contributed by atoms with Crippen molar-refractivity contribution in [1.29, 1.82) is 0 Å². The molecule has 3 nitrogen and oxygen atoms in total. The molecule has 36 heavy (non-hydrogen) atoms. The lowest BCUT2D eigenvalue weighted by atomic mass is 9.67. The van der Waals surface area contributed by atoms with Crippen LogP contribution in [-0.4, -0.2) is 0 Å². The van der Waals surface area contributed by atoms with E-state index in [1.165, 1.54) is 33.4 Å². The number of fused-ring (bicyclic) bond motifs is 3. The van der Waals surface area contributed by atoms with Crippen LogP contribution >= 0.6 is 0 Å². The van der Waals surface area contributed by atoms with Gasteiger partial charge in [0.05, 0.1) is 5.41 Å². The van der Waals surface area contributed by atoms with Gasteiger partial charge in [0, 0.05) is 24.5 Å². The third-order valence-corrected chi connectivity index (χ3v) is 7.29. The molecule has 3 heteroatoms. The predicted octanol–water partition coefficient (Wildman–Crippen LogP) is 6.71. The Hall–Kier alpha value is -4.18. The highest BCUT2D eigenvalue weighted by Crippen LogP contribution is 2.56. The molecule has 5 aromatic carbocycles. The minimum Gasteiger partial charge on any atom is -0.356 e. The smallest absolute Gasteiger partial charge is 0.0714 e. The summed E-state index contributed by atoms with van der Waals surface area (Å²) >= 11 is 0. The molecule has 0 atom stereocenters. The Balaban J connectivity index is 1.60. The Labute approximate surface area is 212 Å². The Morgan fingerprint density at radius 2 is 1.00 bits per heavy atom. The molecule has 0 bridgehead atoms. The number of rotatable bonds is 6. The first-order chi connectivity index (χ1) is 17.7. The zero-order valence-electron chi connectivity index (χ0n) is 20.1. The molecular weight excluding hydrogens is 438 g/mol. The van der Waals surface area contributed by atoms with Crippen molar-refractivity contribution < 1.29 is 0 Å². The minimum atomic E-state index is -0.449. The molecule has 0 fully saturated rings. The number of benzene rings is 5. The van der Waals surface area contributed by atoms with Crippen LogP contribution < -0.4 is 16.8 Å². The highest BCUT2D eigenvalue weighted by atomic mass is 14.9. The first-order valence-electron chi connectivity index (χ1n) is 12.4. The van der Waals surface area contributed by atoms with Crippen LogP contribution in [0.3, 0.4) is 0 Å². The summed E-state index contributed by atoms with van der Waals surface area (Å²) in [4.78, 5) is 0. The maximum atomic E-state index is 6.10. The lowest BCUT2D eigenvalue weighted by molar-refractivity contribution is 0.766. The van der Waals surface area contributed by atoms with Gasteiger partial charge in [0.15, 0.2) is 0 Å². The number of anilines is 2. The van der Waals surface area contributed by atoms with E-state index < -0.39 is 5.41 Å². The molecule has 0 amide bonds. The third-order valence-electron chi connectivity index (χ3n) is 7.29. The number of nitrogens with one attached hydrogen (secondary N) is 1. The van der Waals surface area contributed by atoms with E-state index in [9.17, 15) is 0 Å². The average Bonchev–Trinajstić information content (AvgIpc) is 3.25. The highest BCUT2D eigenvalue weighted by molar-refractivity contribution is 5.86. The normalized spacial score (nSPS) is 13.2. The van der Waals surface area contributed by atoms with Gasteiger partial charge < -0.3 is 16.8 Å². The minimum absolute atomic E-state index is 0.449. The van der Waals surface area contributed by atoms with E-state index in [4.69, 9.17) is 11.5 Å². The Morgan fingerprint density at radius 3 is 1.64 bits per heavy atom. The summed E-state index contributed by atoms with van der Waals surface area (Å²) < 4.78 is 0. The van der Waals surface area contributed by atoms with Gasteiger partial charge in [0.25, 0.3) is 0 Å². The quantitative estimate of drug-likeness (QED) is 0.255. The van der Waals surface area contributed by atoms with Crippen molar-refractivity contribution in [3.8, 4) is 11.1 Å². The van der Waals surface area contributed by atoms with Gasteiger partial charge in [0.2, 0.25) is 0 Å². The van der Waals surface area contributed by atoms with E-state index in [0.717, 1.165) is 22.5 Å². The molecule has 6 rings (SSSR count). The van der Waals surface area contributed by atoms with Crippen LogP contribution in [0.25, 0.3) is 11.1 Å². The molecule has 176 valence electrons. The van der Waals surface area contributed by atoms with E-state index >= 15 is 0 Å². The summed E-state index contributed by atoms with van der Waals surface area (Å²) in [6.07, 6.45) is 0. The molecule has 0 aromatic heterocycles. The summed E-state index contributed by atoms with van der Waals surface area (Å²) in [5.41, 5.74) is 23.4. The van der Waals surface area contributed by atoms with E-state index in [0.29, 0.717) is 13.1 Å². The second kappa shape index (κ2) is 9.12. The van der Waals surface area contributed by atoms with Gasteiger partial charge in [0.1, 0.15) is 0 Å². The van der Waals surface area contributed by atoms with Crippen molar-refractivity contribution >= 4 is 11.4 Å². The third kappa shape index (κ3) is 3.53. The monoisotopic (exact) mass is 467 g/mol. The molecule has 0 unspecified atom stereocenters. The molecular formula is C33H29N3. The standard InChI is InChI=1S/C33H29N3/c34-21-23-8-5-10-25(18-23)33(31-16-3-1-14-29(31)30-15-2-4-17-32(30)33)26-11-7-13-28(20-26)36-27-12-6-9-24(19-27)22-35/h1-20,36H,21-22,34-35H2. The van der Waals surface area contributed by atoms with Crippen LogP contribution in [0.1, 0.15) is 33.4 Å². The first kappa shape index (κ1) is 22.3. The summed E-state index contributed by atoms with van der Waals surface area (Å²) in [6, 6.07) is 43.4. The Bertz CT molecular complexity index is 1510. The average molecular weight is 468 g/mol. The molecule has 5 N–H and O–H groups in total. The molecule has 0 heterocycles. The van der Waals surface area contributed by atoms with Gasteiger partial charge in [-0.3, -0.25) is 0 Å². The molecule has 5 aromatic rings. The lowest BCUT2D eigenvalue weighted by Crippen LogP contribution is -2.29. The molecule has 0 radical (unpaired) electrons. The van der Waals surface area contributed by atoms with Gasteiger partial charge in [-0.15, -0.1) is 0 Å². The molecule has 0 spiro atoms. The second-order valence-corrected chi connectivity index (χ2v) is 9.36. The molecule has 0 saturated heterocycles. The Morgan fingerprint density at radius 1 is 0.500 bits per heavy atom. The van der Waals surface area contributed by atoms with E-state index in [2.05, 4.69) is 115 Å². The zero-order chi connectivity index (χ0) is 24.5. The maximum absolute atomic E-state index is 6.10. The molecule has 0 saturated carbocycles. The SMILES string of the molecule is NCc1cccc(Nc2cccc(C3(c4cccc(CN)c4)c4ccccc4-c4ccccc43)c2)c1. The fourth-order valence-corrected chi connectivity index (χ4v) is 5.73. The van der Waals surface area contributed by atoms with Crippen LogP contribution in [0.4, 0.5) is 11.4 Å². The fraction of sp³-hybridized carbons (Fsp3) is 0.0909. The lowest BCUT2D eigenvalue weighted by Gasteiger charge is -2.34. The number of hydrogen-bond acceptors (Lipinski definition) is 3. The van der Waals surface area contributed by atoms with Gasteiger partial charge in [-0.05, 0) is 68.8 Å². The molecule has 1 aliphatic carbocycles. The van der Waals surface area contributed by atoms with Crippen LogP contribution in [0.5, 0.6) is 0 Å². The van der Waals surface area contributed by atoms with Crippen molar-refractivity contribution in [2.45, 2.75) is 18.5 Å².